The van der Waals surface area contributed by atoms with E-state index < -0.39 is 8.24 Å². The summed E-state index contributed by atoms with van der Waals surface area (Å²) in [6, 6.07) is 10.6. The molecule has 4 heteroatoms. The molecule has 18 heavy (non-hydrogen) atoms. The van der Waals surface area contributed by atoms with Crippen LogP contribution in [0, 0.1) is 0 Å². The van der Waals surface area contributed by atoms with Crippen molar-refractivity contribution in [1.82, 2.24) is 4.57 Å². The van der Waals surface area contributed by atoms with Gasteiger partial charge in [-0.2, -0.15) is 0 Å². The van der Waals surface area contributed by atoms with Crippen molar-refractivity contribution in [2.24, 2.45) is 0 Å². The maximum atomic E-state index is 11.7. The third-order valence-corrected chi connectivity index (χ3v) is 7.37. The highest BCUT2D eigenvalue weighted by molar-refractivity contribution is 6.75. The van der Waals surface area contributed by atoms with E-state index in [1.807, 2.05) is 30.3 Å². The number of hydrogen-bond donors (Lipinski definition) is 0. The average Bonchev–Trinajstić information content (AvgIpc) is 2.67. The minimum absolute atomic E-state index is 0.127. The first kappa shape index (κ1) is 13.3. The summed E-state index contributed by atoms with van der Waals surface area (Å²) in [4.78, 5) is 11.7. The molecule has 0 radical (unpaired) electrons. The van der Waals surface area contributed by atoms with Crippen LogP contribution < -0.4 is 4.74 Å². The van der Waals surface area contributed by atoms with Gasteiger partial charge < -0.3 is 9.30 Å². The van der Waals surface area contributed by atoms with Crippen molar-refractivity contribution in [1.29, 1.82) is 0 Å². The Hall–Kier alpha value is -1.13. The SMILES string of the molecule is C[Si]1(C)CCCN1CCC(=O)Oc1ccccc1. The molecular weight excluding hydrogens is 242 g/mol. The van der Waals surface area contributed by atoms with E-state index in [2.05, 4.69) is 17.7 Å². The number of carbonyl (C=O) groups is 1. The van der Waals surface area contributed by atoms with Crippen LogP contribution in [-0.4, -0.2) is 31.9 Å². The van der Waals surface area contributed by atoms with Gasteiger partial charge >= 0.3 is 5.97 Å². The average molecular weight is 263 g/mol. The van der Waals surface area contributed by atoms with Crippen LogP contribution >= 0.6 is 0 Å². The van der Waals surface area contributed by atoms with Crippen molar-refractivity contribution < 1.29 is 9.53 Å². The number of carbonyl (C=O) groups excluding carboxylic acids is 1. The van der Waals surface area contributed by atoms with Crippen molar-refractivity contribution in [3.63, 3.8) is 0 Å². The van der Waals surface area contributed by atoms with Crippen molar-refractivity contribution in [2.45, 2.75) is 32.0 Å². The van der Waals surface area contributed by atoms with Gasteiger partial charge in [-0.15, -0.1) is 0 Å². The molecule has 1 fully saturated rings. The molecule has 1 aromatic rings. The van der Waals surface area contributed by atoms with Crippen LogP contribution in [-0.2, 0) is 4.79 Å². The van der Waals surface area contributed by atoms with Crippen LogP contribution in [0.4, 0.5) is 0 Å². The van der Waals surface area contributed by atoms with E-state index in [-0.39, 0.29) is 5.97 Å². The highest BCUT2D eigenvalue weighted by Gasteiger charge is 2.34. The monoisotopic (exact) mass is 263 g/mol. The molecule has 0 N–H and O–H groups in total. The molecule has 0 atom stereocenters. The maximum absolute atomic E-state index is 11.7. The van der Waals surface area contributed by atoms with E-state index in [4.69, 9.17) is 4.74 Å². The Labute approximate surface area is 110 Å². The Bertz CT molecular complexity index is 406. The number of esters is 1. The van der Waals surface area contributed by atoms with Gasteiger partial charge in [-0.3, -0.25) is 4.79 Å². The minimum atomic E-state index is -1.20. The zero-order valence-electron chi connectivity index (χ0n) is 11.2. The van der Waals surface area contributed by atoms with Crippen LogP contribution in [0.3, 0.4) is 0 Å². The second-order valence-corrected chi connectivity index (χ2v) is 10.2. The van der Waals surface area contributed by atoms with Gasteiger partial charge in [0.1, 0.15) is 14.0 Å². The number of ether oxygens (including phenoxy) is 1. The largest absolute Gasteiger partial charge is 0.426 e. The number of benzene rings is 1. The van der Waals surface area contributed by atoms with E-state index >= 15 is 0 Å². The molecule has 0 amide bonds. The van der Waals surface area contributed by atoms with Gasteiger partial charge in [0.25, 0.3) is 0 Å². The lowest BCUT2D eigenvalue weighted by atomic mass is 10.3. The van der Waals surface area contributed by atoms with Gasteiger partial charge in [0, 0.05) is 6.54 Å². The Kier molecular flexibility index (Phi) is 4.19. The molecule has 98 valence electrons. The van der Waals surface area contributed by atoms with Gasteiger partial charge in [0.2, 0.25) is 0 Å². The molecule has 2 rings (SSSR count). The molecule has 0 unspecified atom stereocenters. The number of hydrogen-bond acceptors (Lipinski definition) is 3. The standard InChI is InChI=1S/C14H21NO2Si/c1-18(2)12-6-10-15(18)11-9-14(16)17-13-7-4-3-5-8-13/h3-5,7-8H,6,9-12H2,1-2H3. The van der Waals surface area contributed by atoms with E-state index in [1.165, 1.54) is 12.5 Å². The first-order valence-corrected chi connectivity index (χ1v) is 9.74. The summed E-state index contributed by atoms with van der Waals surface area (Å²) in [5.41, 5.74) is 0. The molecule has 1 aliphatic rings. The first-order valence-electron chi connectivity index (χ1n) is 6.59. The molecule has 0 saturated carbocycles. The lowest BCUT2D eigenvalue weighted by molar-refractivity contribution is -0.134. The van der Waals surface area contributed by atoms with Crippen molar-refractivity contribution >= 4 is 14.2 Å². The quantitative estimate of drug-likeness (QED) is 0.475. The molecule has 0 bridgehead atoms. The Balaban J connectivity index is 1.79. The molecule has 1 aromatic carbocycles. The van der Waals surface area contributed by atoms with Gasteiger partial charge in [-0.05, 0) is 31.1 Å². The molecular formula is C14H21NO2Si. The highest BCUT2D eigenvalue weighted by atomic mass is 28.3. The predicted molar refractivity (Wildman–Crippen MR) is 75.2 cm³/mol. The zero-order chi connectivity index (χ0) is 13.0. The van der Waals surface area contributed by atoms with E-state index in [9.17, 15) is 4.79 Å². The smallest absolute Gasteiger partial charge is 0.312 e. The highest BCUT2D eigenvalue weighted by Crippen LogP contribution is 2.25. The summed E-state index contributed by atoms with van der Waals surface area (Å²) in [7, 11) is -1.20. The fraction of sp³-hybridized carbons (Fsp3) is 0.500. The van der Waals surface area contributed by atoms with Crippen LogP contribution in [0.15, 0.2) is 30.3 Å². The van der Waals surface area contributed by atoms with Crippen molar-refractivity contribution in [3.05, 3.63) is 30.3 Å². The summed E-state index contributed by atoms with van der Waals surface area (Å²) < 4.78 is 7.81. The lowest BCUT2D eigenvalue weighted by Gasteiger charge is -2.29. The van der Waals surface area contributed by atoms with E-state index in [1.54, 1.807) is 0 Å². The fourth-order valence-corrected chi connectivity index (χ4v) is 5.30. The summed E-state index contributed by atoms with van der Waals surface area (Å²) in [6.07, 6.45) is 1.78. The van der Waals surface area contributed by atoms with Crippen LogP contribution in [0.1, 0.15) is 12.8 Å². The molecule has 1 aliphatic heterocycles. The third kappa shape index (κ3) is 3.43. The molecule has 1 heterocycles. The summed E-state index contributed by atoms with van der Waals surface area (Å²) in [5, 5.41) is 0. The van der Waals surface area contributed by atoms with Crippen molar-refractivity contribution in [2.75, 3.05) is 13.1 Å². The van der Waals surface area contributed by atoms with Crippen molar-refractivity contribution in [3.8, 4) is 5.75 Å². The summed E-state index contributed by atoms with van der Waals surface area (Å²) in [6.45, 7) is 6.76. The number of nitrogens with zero attached hydrogens (tertiary/aromatic N) is 1. The topological polar surface area (TPSA) is 29.5 Å². The fourth-order valence-electron chi connectivity index (χ4n) is 2.48. The minimum Gasteiger partial charge on any atom is -0.426 e. The van der Waals surface area contributed by atoms with Crippen LogP contribution in [0.25, 0.3) is 0 Å². The molecule has 0 aromatic heterocycles. The summed E-state index contributed by atoms with van der Waals surface area (Å²) >= 11 is 0. The van der Waals surface area contributed by atoms with Crippen LogP contribution in [0.2, 0.25) is 19.1 Å². The normalized spacial score (nSPS) is 18.8. The molecule has 1 saturated heterocycles. The van der Waals surface area contributed by atoms with E-state index in [0.29, 0.717) is 12.2 Å². The second kappa shape index (κ2) is 5.67. The second-order valence-electron chi connectivity index (χ2n) is 5.44. The molecule has 3 nitrogen and oxygen atoms in total. The van der Waals surface area contributed by atoms with Gasteiger partial charge in [-0.25, -0.2) is 0 Å². The zero-order valence-corrected chi connectivity index (χ0v) is 12.2. The summed E-state index contributed by atoms with van der Waals surface area (Å²) in [5.74, 6) is 0.512. The Morgan fingerprint density at radius 3 is 2.67 bits per heavy atom. The lowest BCUT2D eigenvalue weighted by Crippen LogP contribution is -2.44. The van der Waals surface area contributed by atoms with Crippen LogP contribution in [0.5, 0.6) is 5.75 Å². The maximum Gasteiger partial charge on any atom is 0.312 e. The Morgan fingerprint density at radius 2 is 2.06 bits per heavy atom. The Morgan fingerprint density at radius 1 is 1.33 bits per heavy atom. The molecule has 0 aliphatic carbocycles. The number of para-hydroxylation sites is 1. The van der Waals surface area contributed by atoms with Gasteiger partial charge in [0.15, 0.2) is 0 Å². The third-order valence-electron chi connectivity index (χ3n) is 3.63. The van der Waals surface area contributed by atoms with E-state index in [0.717, 1.165) is 13.1 Å². The number of rotatable bonds is 4. The predicted octanol–water partition coefficient (Wildman–Crippen LogP) is 2.89. The van der Waals surface area contributed by atoms with Gasteiger partial charge in [0.05, 0.1) is 6.42 Å². The molecule has 0 spiro atoms. The first-order chi connectivity index (χ1) is 8.58. The van der Waals surface area contributed by atoms with Gasteiger partial charge in [-0.1, -0.05) is 31.3 Å².